The molecular formula is C34H48N2O4. The molecule has 2 heterocycles. The van der Waals surface area contributed by atoms with Crippen LogP contribution >= 0.6 is 0 Å². The molecule has 2 saturated carbocycles. The van der Waals surface area contributed by atoms with Crippen LogP contribution in [-0.4, -0.2) is 57.8 Å². The number of rotatable bonds is 6. The van der Waals surface area contributed by atoms with E-state index in [0.717, 1.165) is 31.0 Å². The van der Waals surface area contributed by atoms with E-state index in [0.29, 0.717) is 19.4 Å². The first-order chi connectivity index (χ1) is 18.8. The molecule has 2 aromatic carbocycles. The van der Waals surface area contributed by atoms with Gasteiger partial charge in [-0.25, -0.2) is 0 Å². The first kappa shape index (κ1) is 28.0. The van der Waals surface area contributed by atoms with Crippen LogP contribution in [0, 0.1) is 16.7 Å². The lowest BCUT2D eigenvalue weighted by atomic mass is 9.53. The zero-order valence-electron chi connectivity index (χ0n) is 25.5. The molecule has 218 valence electrons. The summed E-state index contributed by atoms with van der Waals surface area (Å²) in [6.45, 7) is 18.5. The average molecular weight is 549 g/mol. The molecule has 40 heavy (non-hydrogen) atoms. The van der Waals surface area contributed by atoms with Gasteiger partial charge in [0.1, 0.15) is 25.0 Å². The molecule has 2 N–H and O–H groups in total. The molecular weight excluding hydrogens is 500 g/mol. The molecule has 6 heteroatoms. The fraction of sp³-hybridized carbons (Fsp3) is 0.647. The van der Waals surface area contributed by atoms with Crippen LogP contribution in [0.2, 0.25) is 0 Å². The molecule has 2 atom stereocenters. The standard InChI is InChI=1S/C34H48N2O4/c1-30(2,19-37)35-17-23-14-25(8-10-28(23)39-21-35)34(16-27-12-13-33(34,7)32(27,5)6)26-9-11-29-24(15-26)18-36(22-40-29)31(3,4)20-38/h8-11,14-15,27,37-38H,12-13,16-22H2,1-7H3. The van der Waals surface area contributed by atoms with Gasteiger partial charge in [0.15, 0.2) is 0 Å². The molecule has 0 saturated heterocycles. The van der Waals surface area contributed by atoms with Gasteiger partial charge in [0.25, 0.3) is 0 Å². The largest absolute Gasteiger partial charge is 0.478 e. The first-order valence-corrected chi connectivity index (χ1v) is 15.0. The van der Waals surface area contributed by atoms with Gasteiger partial charge in [-0.1, -0.05) is 32.9 Å². The summed E-state index contributed by atoms with van der Waals surface area (Å²) in [6, 6.07) is 13.8. The summed E-state index contributed by atoms with van der Waals surface area (Å²) >= 11 is 0. The molecule has 2 unspecified atom stereocenters. The van der Waals surface area contributed by atoms with Crippen molar-refractivity contribution in [3.63, 3.8) is 0 Å². The Morgan fingerprint density at radius 1 is 0.800 bits per heavy atom. The van der Waals surface area contributed by atoms with Crippen LogP contribution in [0.15, 0.2) is 36.4 Å². The topological polar surface area (TPSA) is 65.4 Å². The lowest BCUT2D eigenvalue weighted by Crippen LogP contribution is -2.50. The maximum Gasteiger partial charge on any atom is 0.142 e. The second kappa shape index (κ2) is 9.19. The fourth-order valence-electron chi connectivity index (χ4n) is 8.34. The van der Waals surface area contributed by atoms with Crippen LogP contribution in [0.1, 0.15) is 90.0 Å². The monoisotopic (exact) mass is 548 g/mol. The quantitative estimate of drug-likeness (QED) is 0.485. The van der Waals surface area contributed by atoms with Crippen LogP contribution in [0.25, 0.3) is 0 Å². The van der Waals surface area contributed by atoms with Crippen LogP contribution in [-0.2, 0) is 18.5 Å². The van der Waals surface area contributed by atoms with Crippen molar-refractivity contribution in [3.05, 3.63) is 58.7 Å². The molecule has 0 spiro atoms. The third-order valence-corrected chi connectivity index (χ3v) is 12.0. The van der Waals surface area contributed by atoms with Gasteiger partial charge in [-0.05, 0) is 99.1 Å². The Kier molecular flexibility index (Phi) is 6.44. The fourth-order valence-corrected chi connectivity index (χ4v) is 8.34. The van der Waals surface area contributed by atoms with Gasteiger partial charge in [0.2, 0.25) is 0 Å². The van der Waals surface area contributed by atoms with E-state index < -0.39 is 0 Å². The van der Waals surface area contributed by atoms with Crippen molar-refractivity contribution in [1.29, 1.82) is 0 Å². The highest BCUT2D eigenvalue weighted by molar-refractivity contribution is 5.53. The predicted octanol–water partition coefficient (Wildman–Crippen LogP) is 5.66. The maximum absolute atomic E-state index is 10.0. The van der Waals surface area contributed by atoms with Gasteiger partial charge in [0.05, 0.1) is 13.2 Å². The minimum atomic E-state index is -0.349. The molecule has 0 amide bonds. The summed E-state index contributed by atoms with van der Waals surface area (Å²) in [4.78, 5) is 4.46. The van der Waals surface area contributed by atoms with E-state index in [2.05, 4.69) is 94.7 Å². The Labute approximate surface area is 240 Å². The zero-order chi connectivity index (χ0) is 28.7. The summed E-state index contributed by atoms with van der Waals surface area (Å²) in [7, 11) is 0. The Bertz CT molecular complexity index is 1220. The van der Waals surface area contributed by atoms with Gasteiger partial charge < -0.3 is 19.7 Å². The molecule has 2 aliphatic heterocycles. The summed E-state index contributed by atoms with van der Waals surface area (Å²) in [6.07, 6.45) is 3.62. The number of benzene rings is 2. The van der Waals surface area contributed by atoms with Crippen molar-refractivity contribution >= 4 is 0 Å². The number of hydrogen-bond acceptors (Lipinski definition) is 6. The first-order valence-electron chi connectivity index (χ1n) is 15.0. The molecule has 4 aliphatic rings. The van der Waals surface area contributed by atoms with Crippen LogP contribution in [0.4, 0.5) is 0 Å². The molecule has 0 radical (unpaired) electrons. The molecule has 2 fully saturated rings. The third-order valence-electron chi connectivity index (χ3n) is 12.0. The highest BCUT2D eigenvalue weighted by Gasteiger charge is 2.69. The second-order valence-electron chi connectivity index (χ2n) is 14.9. The molecule has 6 nitrogen and oxygen atoms in total. The number of fused-ring (bicyclic) bond motifs is 4. The Morgan fingerprint density at radius 2 is 1.27 bits per heavy atom. The highest BCUT2D eigenvalue weighted by Crippen LogP contribution is 2.75. The third kappa shape index (κ3) is 3.82. The van der Waals surface area contributed by atoms with Crippen molar-refractivity contribution in [3.8, 4) is 11.5 Å². The van der Waals surface area contributed by atoms with Crippen molar-refractivity contribution in [2.45, 2.75) is 97.3 Å². The summed E-state index contributed by atoms with van der Waals surface area (Å²) < 4.78 is 12.4. The summed E-state index contributed by atoms with van der Waals surface area (Å²) in [5.74, 6) is 2.57. The minimum Gasteiger partial charge on any atom is -0.478 e. The van der Waals surface area contributed by atoms with Crippen molar-refractivity contribution in [1.82, 2.24) is 9.80 Å². The summed E-state index contributed by atoms with van der Waals surface area (Å²) in [5.41, 5.74) is 4.62. The molecule has 6 rings (SSSR count). The number of aliphatic hydroxyl groups excluding tert-OH is 2. The number of ether oxygens (including phenoxy) is 2. The zero-order valence-corrected chi connectivity index (χ0v) is 25.5. The van der Waals surface area contributed by atoms with Gasteiger partial charge >= 0.3 is 0 Å². The number of nitrogens with zero attached hydrogens (tertiary/aromatic N) is 2. The van der Waals surface area contributed by atoms with E-state index in [1.807, 2.05) is 0 Å². The van der Waals surface area contributed by atoms with Gasteiger partial charge in [0, 0.05) is 40.7 Å². The molecule has 2 aliphatic carbocycles. The van der Waals surface area contributed by atoms with E-state index in [4.69, 9.17) is 9.47 Å². The van der Waals surface area contributed by atoms with Gasteiger partial charge in [-0.15, -0.1) is 0 Å². The number of aliphatic hydroxyl groups is 2. The van der Waals surface area contributed by atoms with Crippen LogP contribution < -0.4 is 9.47 Å². The van der Waals surface area contributed by atoms with E-state index in [9.17, 15) is 10.2 Å². The summed E-state index contributed by atoms with van der Waals surface area (Å²) in [5, 5.41) is 20.1. The minimum absolute atomic E-state index is 0.0879. The van der Waals surface area contributed by atoms with Crippen molar-refractivity contribution < 1.29 is 19.7 Å². The number of hydrogen-bond donors (Lipinski definition) is 2. The lowest BCUT2D eigenvalue weighted by Gasteiger charge is -2.50. The normalized spacial score (nSPS) is 27.6. The van der Waals surface area contributed by atoms with E-state index in [1.165, 1.54) is 35.1 Å². The molecule has 2 bridgehead atoms. The molecule has 2 aromatic rings. The van der Waals surface area contributed by atoms with Crippen molar-refractivity contribution in [2.24, 2.45) is 16.7 Å². The Balaban J connectivity index is 1.47. The van der Waals surface area contributed by atoms with Gasteiger partial charge in [-0.3, -0.25) is 9.80 Å². The van der Waals surface area contributed by atoms with Crippen LogP contribution in [0.5, 0.6) is 11.5 Å². The Morgan fingerprint density at radius 3 is 1.65 bits per heavy atom. The second-order valence-corrected chi connectivity index (χ2v) is 14.9. The van der Waals surface area contributed by atoms with Gasteiger partial charge in [-0.2, -0.15) is 0 Å². The van der Waals surface area contributed by atoms with Crippen molar-refractivity contribution in [2.75, 3.05) is 26.7 Å². The van der Waals surface area contributed by atoms with Crippen LogP contribution in [0.3, 0.4) is 0 Å². The highest BCUT2D eigenvalue weighted by atomic mass is 16.5. The Hall–Kier alpha value is -2.12. The van der Waals surface area contributed by atoms with E-state index >= 15 is 0 Å². The average Bonchev–Trinajstić information content (AvgIpc) is 3.28. The molecule has 0 aromatic heterocycles. The maximum atomic E-state index is 10.0. The van der Waals surface area contributed by atoms with E-state index in [-0.39, 0.29) is 40.5 Å². The lowest BCUT2D eigenvalue weighted by molar-refractivity contribution is -0.0169. The predicted molar refractivity (Wildman–Crippen MR) is 157 cm³/mol. The van der Waals surface area contributed by atoms with E-state index in [1.54, 1.807) is 0 Å². The smallest absolute Gasteiger partial charge is 0.142 e. The SMILES string of the molecule is CC(C)(CO)N1COc2ccc(C3(c4ccc5c(c4)CN(C(C)(C)CO)CO5)CC4CCC3(C)C4(C)C)cc2C1.